The molecular weight excluding hydrogens is 586 g/mol. The maximum absolute atomic E-state index is 12.4. The maximum Gasteiger partial charge on any atom is 0.302 e. The molecule has 0 saturated carbocycles. The molecule has 8 unspecified atom stereocenters. The second-order valence-electron chi connectivity index (χ2n) is 13.5. The standard InChI is InChI=1S/C35H55N5O6/c1-23(41)21-38-16-14-35(22-40-34(36)37-3)12-9-26-5-4-6-27-19-29(11-15-39-27)46-33-18-25(7-8-31(33)44)17-30(26)32(45-24(2)42)20-28(43)10-13-35/h7-8,18,23,26-30,32,38-39,41,43-44H,4-6,10-11,13-17,19-22H2,1-3H3,(H3,36,37,40). The summed E-state index contributed by atoms with van der Waals surface area (Å²) < 4.78 is 12.3. The van der Waals surface area contributed by atoms with E-state index in [-0.39, 0.29) is 29.7 Å². The lowest BCUT2D eigenvalue weighted by Gasteiger charge is -2.36. The normalized spacial score (nSPS) is 31.2. The first-order chi connectivity index (χ1) is 22.1. The molecule has 8 atom stereocenters. The highest BCUT2D eigenvalue weighted by Gasteiger charge is 2.37. The number of phenols is 1. The smallest absolute Gasteiger partial charge is 0.302 e. The van der Waals surface area contributed by atoms with Gasteiger partial charge in [-0.2, -0.15) is 0 Å². The quantitative estimate of drug-likeness (QED) is 0.0734. The van der Waals surface area contributed by atoms with Gasteiger partial charge in [-0.1, -0.05) is 24.3 Å². The minimum atomic E-state index is -0.710. The van der Waals surface area contributed by atoms with Crippen LogP contribution in [0.25, 0.3) is 0 Å². The zero-order valence-electron chi connectivity index (χ0n) is 27.8. The number of phenolic OH excluding ortho intramolecular Hbond substituents is 1. The molecular formula is C35H55N5O6. The Balaban J connectivity index is 1.77. The number of hydrogen-bond donors (Lipinski definition) is 7. The van der Waals surface area contributed by atoms with E-state index in [0.717, 1.165) is 44.2 Å². The van der Waals surface area contributed by atoms with Crippen molar-refractivity contribution in [1.29, 1.82) is 0 Å². The number of aliphatic imine (C=N–C) groups is 1. The maximum atomic E-state index is 12.4. The van der Waals surface area contributed by atoms with Crippen LogP contribution in [-0.4, -0.2) is 90.9 Å². The zero-order chi connectivity index (χ0) is 33.1. The Morgan fingerprint density at radius 1 is 1.28 bits per heavy atom. The number of ether oxygens (including phenoxy) is 2. The summed E-state index contributed by atoms with van der Waals surface area (Å²) >= 11 is 0. The highest BCUT2D eigenvalue weighted by Crippen LogP contribution is 2.38. The van der Waals surface area contributed by atoms with Crippen molar-refractivity contribution in [3.05, 3.63) is 23.8 Å². The number of esters is 1. The Bertz CT molecular complexity index is 1230. The van der Waals surface area contributed by atoms with E-state index < -0.39 is 23.7 Å². The lowest BCUT2D eigenvalue weighted by Crippen LogP contribution is -2.43. The van der Waals surface area contributed by atoms with Crippen LogP contribution < -0.4 is 26.4 Å². The van der Waals surface area contributed by atoms with Crippen molar-refractivity contribution in [2.24, 2.45) is 28.0 Å². The zero-order valence-corrected chi connectivity index (χ0v) is 27.8. The van der Waals surface area contributed by atoms with Crippen molar-refractivity contribution < 1.29 is 29.6 Å². The van der Waals surface area contributed by atoms with E-state index in [1.807, 2.05) is 12.1 Å². The van der Waals surface area contributed by atoms with Crippen LogP contribution in [0.3, 0.4) is 0 Å². The van der Waals surface area contributed by atoms with Crippen molar-refractivity contribution in [1.82, 2.24) is 16.0 Å². The summed E-state index contributed by atoms with van der Waals surface area (Å²) in [5.41, 5.74) is 6.50. The minimum absolute atomic E-state index is 0.0206. The van der Waals surface area contributed by atoms with E-state index in [1.54, 1.807) is 20.0 Å². The predicted octanol–water partition coefficient (Wildman–Crippen LogP) is 2.21. The SMILES string of the molecule is CN=C(N)NCC1(CCNCC(C)O)C#CC2CCCC3CC(CCN3)Oc3cc(ccc3O)CC2C(OC(C)=O)CC(O)CC1. The van der Waals surface area contributed by atoms with E-state index in [2.05, 4.69) is 32.8 Å². The van der Waals surface area contributed by atoms with Gasteiger partial charge in [-0.05, 0) is 89.1 Å². The van der Waals surface area contributed by atoms with Crippen LogP contribution in [0, 0.1) is 29.1 Å². The van der Waals surface area contributed by atoms with Crippen LogP contribution in [0.5, 0.6) is 11.5 Å². The first-order valence-electron chi connectivity index (χ1n) is 17.0. The van der Waals surface area contributed by atoms with Crippen molar-refractivity contribution in [3.63, 3.8) is 0 Å². The van der Waals surface area contributed by atoms with Crippen LogP contribution in [0.4, 0.5) is 0 Å². The van der Waals surface area contributed by atoms with E-state index in [9.17, 15) is 20.1 Å². The van der Waals surface area contributed by atoms with Crippen LogP contribution in [-0.2, 0) is 16.0 Å². The predicted molar refractivity (Wildman–Crippen MR) is 178 cm³/mol. The summed E-state index contributed by atoms with van der Waals surface area (Å²) in [6, 6.07) is 5.77. The molecule has 2 heterocycles. The van der Waals surface area contributed by atoms with Gasteiger partial charge in [-0.15, -0.1) is 0 Å². The summed E-state index contributed by atoms with van der Waals surface area (Å²) in [4.78, 5) is 16.5. The largest absolute Gasteiger partial charge is 0.504 e. The number of nitrogens with two attached hydrogens (primary N) is 1. The number of piperidine rings is 1. The minimum Gasteiger partial charge on any atom is -0.504 e. The van der Waals surface area contributed by atoms with Gasteiger partial charge in [0.15, 0.2) is 17.5 Å². The highest BCUT2D eigenvalue weighted by atomic mass is 16.5. The van der Waals surface area contributed by atoms with Gasteiger partial charge < -0.3 is 46.5 Å². The van der Waals surface area contributed by atoms with Gasteiger partial charge >= 0.3 is 5.97 Å². The van der Waals surface area contributed by atoms with Gasteiger partial charge in [-0.3, -0.25) is 9.79 Å². The molecule has 0 spiro atoms. The third-order valence-electron chi connectivity index (χ3n) is 9.67. The van der Waals surface area contributed by atoms with Gasteiger partial charge in [0.05, 0.1) is 17.6 Å². The number of guanidine groups is 1. The third kappa shape index (κ3) is 10.8. The van der Waals surface area contributed by atoms with Gasteiger partial charge in [0, 0.05) is 51.4 Å². The van der Waals surface area contributed by atoms with E-state index in [4.69, 9.17) is 15.2 Å². The first-order valence-corrected chi connectivity index (χ1v) is 17.0. The number of carbonyl (C=O) groups is 1. The van der Waals surface area contributed by atoms with Crippen LogP contribution in [0.1, 0.15) is 77.2 Å². The highest BCUT2D eigenvalue weighted by molar-refractivity contribution is 5.77. The average Bonchev–Trinajstić information content (AvgIpc) is 3.02. The summed E-state index contributed by atoms with van der Waals surface area (Å²) in [7, 11) is 1.64. The molecule has 8 N–H and O–H groups in total. The number of fused-ring (bicyclic) bond motifs is 5. The lowest BCUT2D eigenvalue weighted by atomic mass is 9.73. The molecule has 3 aliphatic rings. The molecule has 0 radical (unpaired) electrons. The van der Waals surface area contributed by atoms with Crippen molar-refractivity contribution in [2.45, 2.75) is 109 Å². The molecule has 1 fully saturated rings. The first kappa shape index (κ1) is 35.8. The molecule has 1 aromatic rings. The molecule has 4 rings (SSSR count). The molecule has 4 bridgehead atoms. The second kappa shape index (κ2) is 17.2. The van der Waals surface area contributed by atoms with Crippen molar-refractivity contribution in [3.8, 4) is 23.3 Å². The molecule has 1 aliphatic carbocycles. The van der Waals surface area contributed by atoms with Gasteiger partial charge in [-0.25, -0.2) is 0 Å². The number of nitrogens with zero attached hydrogens (tertiary/aromatic N) is 1. The second-order valence-corrected chi connectivity index (χ2v) is 13.5. The van der Waals surface area contributed by atoms with Crippen LogP contribution in [0.2, 0.25) is 0 Å². The molecule has 0 amide bonds. The Morgan fingerprint density at radius 3 is 2.87 bits per heavy atom. The van der Waals surface area contributed by atoms with Gasteiger partial charge in [0.25, 0.3) is 0 Å². The van der Waals surface area contributed by atoms with E-state index in [1.165, 1.54) is 6.92 Å². The summed E-state index contributed by atoms with van der Waals surface area (Å²) in [5.74, 6) is 7.60. The molecule has 1 aromatic carbocycles. The average molecular weight is 642 g/mol. The number of aliphatic hydroxyl groups excluding tert-OH is 2. The fourth-order valence-corrected chi connectivity index (χ4v) is 7.08. The molecule has 2 aliphatic heterocycles. The summed E-state index contributed by atoms with van der Waals surface area (Å²) in [5, 5.41) is 42.1. The van der Waals surface area contributed by atoms with E-state index in [0.29, 0.717) is 69.5 Å². The Morgan fingerprint density at radius 2 is 2.11 bits per heavy atom. The molecule has 0 aromatic heterocycles. The van der Waals surface area contributed by atoms with Gasteiger partial charge in [0.1, 0.15) is 12.2 Å². The molecule has 46 heavy (non-hydrogen) atoms. The Hall–Kier alpha value is -3.04. The summed E-state index contributed by atoms with van der Waals surface area (Å²) in [6.07, 6.45) is 5.34. The number of aromatic hydroxyl groups is 1. The fraction of sp³-hybridized carbons (Fsp3) is 0.714. The number of hydrogen-bond acceptors (Lipinski definition) is 9. The fourth-order valence-electron chi connectivity index (χ4n) is 7.08. The Kier molecular flexibility index (Phi) is 13.4. The number of carbonyl (C=O) groups excluding carboxylic acids is 1. The Labute approximate surface area is 274 Å². The number of rotatable bonds is 8. The molecule has 256 valence electrons. The number of aliphatic hydroxyl groups is 2. The van der Waals surface area contributed by atoms with Crippen molar-refractivity contribution in [2.75, 3.05) is 33.2 Å². The lowest BCUT2D eigenvalue weighted by molar-refractivity contribution is -0.152. The monoisotopic (exact) mass is 641 g/mol. The third-order valence-corrected chi connectivity index (χ3v) is 9.67. The summed E-state index contributed by atoms with van der Waals surface area (Å²) in [6.45, 7) is 5.59. The van der Waals surface area contributed by atoms with Gasteiger partial charge in [0.2, 0.25) is 0 Å². The molecule has 11 nitrogen and oxygen atoms in total. The number of benzene rings is 1. The van der Waals surface area contributed by atoms with Crippen molar-refractivity contribution >= 4 is 11.9 Å². The molecule has 11 heteroatoms. The molecule has 1 saturated heterocycles. The number of nitrogens with one attached hydrogen (secondary N) is 3. The van der Waals surface area contributed by atoms with Crippen LogP contribution in [0.15, 0.2) is 23.2 Å². The topological polar surface area (TPSA) is 171 Å². The van der Waals surface area contributed by atoms with E-state index >= 15 is 0 Å². The van der Waals surface area contributed by atoms with Crippen LogP contribution >= 0.6 is 0 Å².